The molecule has 1 heterocycles. The van der Waals surface area contributed by atoms with E-state index >= 15 is 0 Å². The van der Waals surface area contributed by atoms with Gasteiger partial charge in [0.05, 0.1) is 19.8 Å². The van der Waals surface area contributed by atoms with Crippen molar-refractivity contribution in [3.05, 3.63) is 0 Å². The van der Waals surface area contributed by atoms with Gasteiger partial charge in [0, 0.05) is 40.3 Å². The number of nitrogens with one attached hydrogen (secondary N) is 2. The van der Waals surface area contributed by atoms with E-state index in [1.165, 1.54) is 0 Å². The van der Waals surface area contributed by atoms with Crippen molar-refractivity contribution in [3.8, 4) is 0 Å². The minimum atomic E-state index is -5.24. The maximum Gasteiger partial charge on any atom is 0.511 e. The molecule has 0 bridgehead atoms. The monoisotopic (exact) mass is 532 g/mol. The van der Waals surface area contributed by atoms with Crippen molar-refractivity contribution in [1.29, 1.82) is 0 Å². The summed E-state index contributed by atoms with van der Waals surface area (Å²) in [5, 5.41) is 6.15. The van der Waals surface area contributed by atoms with E-state index in [9.17, 15) is 21.6 Å². The number of alkyl halides is 3. The van der Waals surface area contributed by atoms with Crippen LogP contribution in [0.25, 0.3) is 0 Å². The van der Waals surface area contributed by atoms with E-state index in [1.54, 1.807) is 14.2 Å². The number of rotatable bonds is 9. The summed E-state index contributed by atoms with van der Waals surface area (Å²) in [5.41, 5.74) is -5.24. The van der Waals surface area contributed by atoms with Crippen LogP contribution in [-0.4, -0.2) is 84.3 Å². The van der Waals surface area contributed by atoms with Gasteiger partial charge in [-0.25, -0.2) is 8.42 Å². The Morgan fingerprint density at radius 3 is 2.33 bits per heavy atom. The van der Waals surface area contributed by atoms with Crippen LogP contribution in [0.4, 0.5) is 13.2 Å². The minimum absolute atomic E-state index is 0. The van der Waals surface area contributed by atoms with Crippen molar-refractivity contribution >= 4 is 40.0 Å². The van der Waals surface area contributed by atoms with Crippen molar-refractivity contribution in [2.45, 2.75) is 18.3 Å². The van der Waals surface area contributed by atoms with Gasteiger partial charge in [-0.05, 0) is 18.8 Å². The van der Waals surface area contributed by atoms with E-state index < -0.39 is 15.5 Å². The second kappa shape index (κ2) is 13.0. The number of nitrogens with zero attached hydrogens (tertiary/aromatic N) is 2. The Kier molecular flexibility index (Phi) is 12.8. The van der Waals surface area contributed by atoms with Crippen LogP contribution in [0.15, 0.2) is 4.99 Å². The smallest absolute Gasteiger partial charge is 0.382 e. The number of sulfonamides is 1. The molecule has 0 radical (unpaired) electrons. The second-order valence-electron chi connectivity index (χ2n) is 5.78. The number of hydrogen-bond acceptors (Lipinski definition) is 5. The van der Waals surface area contributed by atoms with Crippen molar-refractivity contribution < 1.29 is 31.1 Å². The Hall–Kier alpha value is -0.380. The van der Waals surface area contributed by atoms with Crippen LogP contribution < -0.4 is 10.6 Å². The lowest BCUT2D eigenvalue weighted by molar-refractivity contribution is -0.0496. The topological polar surface area (TPSA) is 92.3 Å². The zero-order valence-electron chi connectivity index (χ0n) is 15.4. The summed E-state index contributed by atoms with van der Waals surface area (Å²) in [7, 11) is -2.02. The third-order valence-corrected chi connectivity index (χ3v) is 5.59. The molecule has 0 aliphatic carbocycles. The molecular weight excluding hydrogens is 504 g/mol. The van der Waals surface area contributed by atoms with Crippen molar-refractivity contribution in [2.24, 2.45) is 10.9 Å². The van der Waals surface area contributed by atoms with Crippen LogP contribution in [0.1, 0.15) is 12.8 Å². The Bertz CT molecular complexity index is 541. The van der Waals surface area contributed by atoms with Crippen molar-refractivity contribution in [1.82, 2.24) is 14.9 Å². The van der Waals surface area contributed by atoms with Crippen LogP contribution in [0, 0.1) is 5.92 Å². The Labute approximate surface area is 175 Å². The number of aliphatic imine (C=N–C) groups is 1. The molecule has 1 fully saturated rings. The number of halogens is 4. The zero-order chi connectivity index (χ0) is 19.6. The first-order valence-electron chi connectivity index (χ1n) is 8.30. The molecule has 0 saturated carbocycles. The average molecular weight is 532 g/mol. The van der Waals surface area contributed by atoms with Gasteiger partial charge in [-0.1, -0.05) is 0 Å². The van der Waals surface area contributed by atoms with E-state index in [0.717, 1.165) is 0 Å². The molecule has 162 valence electrons. The molecule has 1 aliphatic heterocycles. The molecule has 0 unspecified atom stereocenters. The maximum atomic E-state index is 12.5. The molecule has 8 nitrogen and oxygen atoms in total. The highest BCUT2D eigenvalue weighted by atomic mass is 127. The van der Waals surface area contributed by atoms with Gasteiger partial charge in [-0.3, -0.25) is 4.99 Å². The lowest BCUT2D eigenvalue weighted by atomic mass is 9.98. The largest absolute Gasteiger partial charge is 0.511 e. The van der Waals surface area contributed by atoms with Gasteiger partial charge >= 0.3 is 15.5 Å². The van der Waals surface area contributed by atoms with Gasteiger partial charge in [0.15, 0.2) is 5.96 Å². The van der Waals surface area contributed by atoms with Crippen LogP contribution in [0.3, 0.4) is 0 Å². The quantitative estimate of drug-likeness (QED) is 0.199. The van der Waals surface area contributed by atoms with E-state index in [4.69, 9.17) is 9.47 Å². The van der Waals surface area contributed by atoms with Crippen molar-refractivity contribution in [2.75, 3.05) is 60.2 Å². The summed E-state index contributed by atoms with van der Waals surface area (Å²) < 4.78 is 71.1. The summed E-state index contributed by atoms with van der Waals surface area (Å²) in [5.74, 6) is 0.636. The molecule has 0 spiro atoms. The minimum Gasteiger partial charge on any atom is -0.382 e. The lowest BCUT2D eigenvalue weighted by Gasteiger charge is -2.31. The highest BCUT2D eigenvalue weighted by Crippen LogP contribution is 2.30. The standard InChI is InChI=1S/C14H27F3N4O4S.HI/c1-18-13(19-5-8-25-10-9-24-2)20-11-12-3-6-21(7-4-12)26(22,23)14(15,16)17;/h12H,3-11H2,1-2H3,(H2,18,19,20);1H. The number of hydrogen-bond donors (Lipinski definition) is 2. The molecular formula is C14H28F3IN4O4S. The third-order valence-electron chi connectivity index (χ3n) is 3.96. The molecule has 1 rings (SSSR count). The van der Waals surface area contributed by atoms with E-state index in [2.05, 4.69) is 15.6 Å². The second-order valence-corrected chi connectivity index (χ2v) is 7.71. The number of methoxy groups -OCH3 is 1. The summed E-state index contributed by atoms with van der Waals surface area (Å²) in [6, 6.07) is 0. The van der Waals surface area contributed by atoms with Gasteiger partial charge in [0.25, 0.3) is 0 Å². The number of piperidine rings is 1. The van der Waals surface area contributed by atoms with E-state index in [0.29, 0.717) is 56.0 Å². The average Bonchev–Trinajstić information content (AvgIpc) is 2.60. The first-order chi connectivity index (χ1) is 12.2. The molecule has 2 N–H and O–H groups in total. The molecule has 0 aromatic rings. The molecule has 1 aliphatic rings. The molecule has 0 amide bonds. The lowest BCUT2D eigenvalue weighted by Crippen LogP contribution is -2.47. The Morgan fingerprint density at radius 2 is 1.81 bits per heavy atom. The van der Waals surface area contributed by atoms with Crippen LogP contribution in [0.2, 0.25) is 0 Å². The SMILES string of the molecule is CN=C(NCCOCCOC)NCC1CCN(S(=O)(=O)C(F)(F)F)CC1.I. The molecule has 0 aromatic carbocycles. The van der Waals surface area contributed by atoms with Gasteiger partial charge in [-0.15, -0.1) is 24.0 Å². The van der Waals surface area contributed by atoms with Gasteiger partial charge in [0.1, 0.15) is 0 Å². The van der Waals surface area contributed by atoms with Gasteiger partial charge in [0.2, 0.25) is 0 Å². The molecule has 0 aromatic heterocycles. The summed E-state index contributed by atoms with van der Waals surface area (Å²) in [4.78, 5) is 4.05. The number of guanidine groups is 1. The first kappa shape index (κ1) is 26.6. The fourth-order valence-corrected chi connectivity index (χ4v) is 3.43. The van der Waals surface area contributed by atoms with Crippen LogP contribution >= 0.6 is 24.0 Å². The molecule has 0 atom stereocenters. The summed E-state index contributed by atoms with van der Waals surface area (Å²) in [6.07, 6.45) is 0.721. The van der Waals surface area contributed by atoms with Crippen LogP contribution in [-0.2, 0) is 19.5 Å². The highest BCUT2D eigenvalue weighted by molar-refractivity contribution is 14.0. The summed E-state index contributed by atoms with van der Waals surface area (Å²) in [6.45, 7) is 2.30. The fraction of sp³-hybridized carbons (Fsp3) is 0.929. The Morgan fingerprint density at radius 1 is 1.19 bits per heavy atom. The zero-order valence-corrected chi connectivity index (χ0v) is 18.6. The van der Waals surface area contributed by atoms with Crippen molar-refractivity contribution in [3.63, 3.8) is 0 Å². The first-order valence-corrected chi connectivity index (χ1v) is 9.74. The predicted molar refractivity (Wildman–Crippen MR) is 107 cm³/mol. The third kappa shape index (κ3) is 9.11. The fourth-order valence-electron chi connectivity index (χ4n) is 2.45. The Balaban J connectivity index is 0.00000676. The van der Waals surface area contributed by atoms with E-state index in [-0.39, 0.29) is 43.0 Å². The van der Waals surface area contributed by atoms with Gasteiger partial charge < -0.3 is 20.1 Å². The highest BCUT2D eigenvalue weighted by Gasteiger charge is 2.50. The van der Waals surface area contributed by atoms with Crippen LogP contribution in [0.5, 0.6) is 0 Å². The maximum absolute atomic E-state index is 12.5. The molecule has 27 heavy (non-hydrogen) atoms. The summed E-state index contributed by atoms with van der Waals surface area (Å²) >= 11 is 0. The normalized spacial score (nSPS) is 17.4. The predicted octanol–water partition coefficient (Wildman–Crippen LogP) is 0.994. The number of ether oxygens (including phenoxy) is 2. The van der Waals surface area contributed by atoms with Gasteiger partial charge in [-0.2, -0.15) is 17.5 Å². The molecule has 13 heteroatoms. The molecule has 1 saturated heterocycles. The van der Waals surface area contributed by atoms with E-state index in [1.807, 2.05) is 0 Å².